The van der Waals surface area contributed by atoms with Gasteiger partial charge in [0.2, 0.25) is 0 Å². The second-order valence-corrected chi connectivity index (χ2v) is 6.06. The Kier molecular flexibility index (Phi) is 4.67. The van der Waals surface area contributed by atoms with E-state index in [0.29, 0.717) is 16.3 Å². The highest BCUT2D eigenvalue weighted by molar-refractivity contribution is 6.30. The number of carbonyl (C=O) groups is 1. The average molecular weight is 341 g/mol. The summed E-state index contributed by atoms with van der Waals surface area (Å²) >= 11 is 6.12. The number of nitrogens with zero attached hydrogens (tertiary/aromatic N) is 1. The molecule has 24 heavy (non-hydrogen) atoms. The van der Waals surface area contributed by atoms with Crippen LogP contribution >= 0.6 is 11.6 Å². The van der Waals surface area contributed by atoms with Crippen LogP contribution in [0.15, 0.2) is 72.0 Å². The van der Waals surface area contributed by atoms with E-state index in [0.717, 1.165) is 17.0 Å². The molecule has 0 aliphatic carbocycles. The first-order valence-electron chi connectivity index (χ1n) is 7.58. The van der Waals surface area contributed by atoms with Crippen molar-refractivity contribution in [1.82, 2.24) is 10.3 Å². The average Bonchev–Trinajstić information content (AvgIpc) is 2.57. The van der Waals surface area contributed by atoms with Gasteiger partial charge in [-0.05, 0) is 43.7 Å². The third-order valence-electron chi connectivity index (χ3n) is 3.76. The van der Waals surface area contributed by atoms with E-state index in [-0.39, 0.29) is 5.92 Å². The first-order chi connectivity index (χ1) is 11.5. The number of aromatic nitrogens is 1. The molecule has 0 saturated carbocycles. The van der Waals surface area contributed by atoms with Crippen LogP contribution in [0, 0.1) is 0 Å². The first kappa shape index (κ1) is 16.3. The second-order valence-electron chi connectivity index (χ2n) is 5.63. The Morgan fingerprint density at radius 3 is 2.79 bits per heavy atom. The lowest BCUT2D eigenvalue weighted by atomic mass is 9.92. The fourth-order valence-corrected chi connectivity index (χ4v) is 2.89. The molecule has 0 bridgehead atoms. The van der Waals surface area contributed by atoms with E-state index in [1.54, 1.807) is 18.3 Å². The van der Waals surface area contributed by atoms with Gasteiger partial charge in [0, 0.05) is 23.1 Å². The summed E-state index contributed by atoms with van der Waals surface area (Å²) in [5, 5.41) is 3.86. The molecule has 0 fully saturated rings. The van der Waals surface area contributed by atoms with E-state index < -0.39 is 5.97 Å². The minimum atomic E-state index is -0.431. The van der Waals surface area contributed by atoms with Gasteiger partial charge < -0.3 is 10.1 Å². The fraction of sp³-hybridized carbons (Fsp3) is 0.158. The Morgan fingerprint density at radius 2 is 2.08 bits per heavy atom. The molecule has 2 heterocycles. The molecular weight excluding hydrogens is 324 g/mol. The van der Waals surface area contributed by atoms with Crippen molar-refractivity contribution in [3.05, 3.63) is 88.2 Å². The van der Waals surface area contributed by atoms with Crippen LogP contribution in [0.5, 0.6) is 0 Å². The number of halogens is 1. The molecule has 0 amide bonds. The monoisotopic (exact) mass is 340 g/mol. The van der Waals surface area contributed by atoms with Gasteiger partial charge in [-0.15, -0.1) is 0 Å². The number of benzene rings is 1. The van der Waals surface area contributed by atoms with Crippen LogP contribution in [-0.2, 0) is 4.74 Å². The van der Waals surface area contributed by atoms with Gasteiger partial charge in [0.15, 0.2) is 0 Å². The first-order valence-corrected chi connectivity index (χ1v) is 7.96. The maximum absolute atomic E-state index is 12.4. The zero-order valence-corrected chi connectivity index (χ0v) is 14.2. The van der Waals surface area contributed by atoms with E-state index >= 15 is 0 Å². The molecule has 1 aliphatic heterocycles. The van der Waals surface area contributed by atoms with Crippen LogP contribution < -0.4 is 5.32 Å². The SMILES string of the molecule is CC1=CC(c2cccc(Cl)c2)C(OC(=O)c2cccnc2)=C(C)N1. The van der Waals surface area contributed by atoms with Crippen molar-refractivity contribution in [1.29, 1.82) is 0 Å². The Hall–Kier alpha value is -2.59. The molecule has 122 valence electrons. The molecule has 2 aromatic rings. The molecule has 3 rings (SSSR count). The van der Waals surface area contributed by atoms with Crippen molar-refractivity contribution in [3.8, 4) is 0 Å². The lowest BCUT2D eigenvalue weighted by molar-refractivity contribution is 0.0603. The number of ether oxygens (including phenoxy) is 1. The predicted octanol–water partition coefficient (Wildman–Crippen LogP) is 4.41. The van der Waals surface area contributed by atoms with Gasteiger partial charge in [0.25, 0.3) is 0 Å². The lowest BCUT2D eigenvalue weighted by Crippen LogP contribution is -2.23. The van der Waals surface area contributed by atoms with Crippen LogP contribution in [-0.4, -0.2) is 11.0 Å². The Bertz CT molecular complexity index is 828. The summed E-state index contributed by atoms with van der Waals surface area (Å²) in [6.07, 6.45) is 5.12. The van der Waals surface area contributed by atoms with Crippen LogP contribution in [0.25, 0.3) is 0 Å². The van der Waals surface area contributed by atoms with E-state index in [2.05, 4.69) is 10.3 Å². The molecule has 1 aromatic carbocycles. The molecule has 1 atom stereocenters. The summed E-state index contributed by atoms with van der Waals surface area (Å²) in [6.45, 7) is 3.86. The van der Waals surface area contributed by atoms with E-state index in [9.17, 15) is 4.79 Å². The van der Waals surface area contributed by atoms with Crippen molar-refractivity contribution in [2.45, 2.75) is 19.8 Å². The van der Waals surface area contributed by atoms with Gasteiger partial charge in [0.1, 0.15) is 5.76 Å². The largest absolute Gasteiger partial charge is 0.425 e. The smallest absolute Gasteiger partial charge is 0.344 e. The molecule has 4 nitrogen and oxygen atoms in total. The maximum atomic E-state index is 12.4. The van der Waals surface area contributed by atoms with Gasteiger partial charge in [-0.1, -0.05) is 29.8 Å². The topological polar surface area (TPSA) is 51.2 Å². The van der Waals surface area contributed by atoms with Gasteiger partial charge in [-0.25, -0.2) is 4.79 Å². The molecule has 1 unspecified atom stereocenters. The molecule has 5 heteroatoms. The summed E-state index contributed by atoms with van der Waals surface area (Å²) in [4.78, 5) is 16.4. The third kappa shape index (κ3) is 3.49. The van der Waals surface area contributed by atoms with Crippen molar-refractivity contribution < 1.29 is 9.53 Å². The second kappa shape index (κ2) is 6.89. The summed E-state index contributed by atoms with van der Waals surface area (Å²) < 4.78 is 5.70. The van der Waals surface area contributed by atoms with Crippen LogP contribution in [0.1, 0.15) is 35.7 Å². The number of hydrogen-bond donors (Lipinski definition) is 1. The molecule has 0 radical (unpaired) electrons. The van der Waals surface area contributed by atoms with Crippen molar-refractivity contribution in [2.24, 2.45) is 0 Å². The zero-order valence-electron chi connectivity index (χ0n) is 13.4. The highest BCUT2D eigenvalue weighted by Gasteiger charge is 2.26. The van der Waals surface area contributed by atoms with E-state index in [1.807, 2.05) is 44.2 Å². The third-order valence-corrected chi connectivity index (χ3v) is 4.00. The highest BCUT2D eigenvalue weighted by atomic mass is 35.5. The van der Waals surface area contributed by atoms with Crippen LogP contribution in [0.2, 0.25) is 5.02 Å². The lowest BCUT2D eigenvalue weighted by Gasteiger charge is -2.26. The molecule has 1 N–H and O–H groups in total. The zero-order chi connectivity index (χ0) is 17.1. The number of pyridine rings is 1. The summed E-state index contributed by atoms with van der Waals surface area (Å²) in [5.74, 6) is -0.0403. The maximum Gasteiger partial charge on any atom is 0.344 e. The minimum Gasteiger partial charge on any atom is -0.425 e. The van der Waals surface area contributed by atoms with Gasteiger partial charge in [0.05, 0.1) is 17.2 Å². The minimum absolute atomic E-state index is 0.175. The molecular formula is C19H17ClN2O2. The molecule has 1 aromatic heterocycles. The highest BCUT2D eigenvalue weighted by Crippen LogP contribution is 2.34. The van der Waals surface area contributed by atoms with Crippen LogP contribution in [0.3, 0.4) is 0 Å². The Morgan fingerprint density at radius 1 is 1.25 bits per heavy atom. The van der Waals surface area contributed by atoms with Crippen molar-refractivity contribution >= 4 is 17.6 Å². The normalized spacial score (nSPS) is 17.1. The number of nitrogens with one attached hydrogen (secondary N) is 1. The fourth-order valence-electron chi connectivity index (χ4n) is 2.69. The van der Waals surface area contributed by atoms with E-state index in [4.69, 9.17) is 16.3 Å². The quantitative estimate of drug-likeness (QED) is 0.841. The standard InChI is InChI=1S/C19H17ClN2O2/c1-12-9-17(14-5-3-7-16(20)10-14)18(13(2)22-12)24-19(23)15-6-4-8-21-11-15/h3-11,17,22H,1-2H3. The Labute approximate surface area is 145 Å². The van der Waals surface area contributed by atoms with Gasteiger partial charge >= 0.3 is 5.97 Å². The molecule has 0 spiro atoms. The number of allylic oxidation sites excluding steroid dienone is 3. The summed E-state index contributed by atoms with van der Waals surface area (Å²) in [6, 6.07) is 10.9. The summed E-state index contributed by atoms with van der Waals surface area (Å²) in [5.41, 5.74) is 3.18. The Balaban J connectivity index is 1.94. The molecule has 1 aliphatic rings. The van der Waals surface area contributed by atoms with Crippen molar-refractivity contribution in [3.63, 3.8) is 0 Å². The van der Waals surface area contributed by atoms with E-state index in [1.165, 1.54) is 6.20 Å². The van der Waals surface area contributed by atoms with Crippen molar-refractivity contribution in [2.75, 3.05) is 0 Å². The number of dihydropyridines is 1. The number of hydrogen-bond acceptors (Lipinski definition) is 4. The number of carbonyl (C=O) groups excluding carboxylic acids is 1. The van der Waals surface area contributed by atoms with Gasteiger partial charge in [-0.2, -0.15) is 0 Å². The van der Waals surface area contributed by atoms with Gasteiger partial charge in [-0.3, -0.25) is 4.98 Å². The summed E-state index contributed by atoms with van der Waals surface area (Å²) in [7, 11) is 0. The number of rotatable bonds is 3. The number of esters is 1. The predicted molar refractivity (Wildman–Crippen MR) is 93.4 cm³/mol. The van der Waals surface area contributed by atoms with Crippen LogP contribution in [0.4, 0.5) is 0 Å². The molecule has 0 saturated heterocycles.